The first kappa shape index (κ1) is 18.8. The predicted octanol–water partition coefficient (Wildman–Crippen LogP) is 5.34. The zero-order chi connectivity index (χ0) is 19.5. The van der Waals surface area contributed by atoms with E-state index in [9.17, 15) is 4.79 Å². The molecule has 1 amide bonds. The van der Waals surface area contributed by atoms with Crippen LogP contribution in [0.5, 0.6) is 5.75 Å². The molecule has 6 heteroatoms. The maximum absolute atomic E-state index is 12.7. The number of nitrogens with one attached hydrogen (secondary N) is 2. The molecule has 0 saturated heterocycles. The third-order valence-electron chi connectivity index (χ3n) is 5.36. The monoisotopic (exact) mass is 397 g/mol. The van der Waals surface area contributed by atoms with Gasteiger partial charge >= 0.3 is 0 Å². The van der Waals surface area contributed by atoms with Gasteiger partial charge in [0.15, 0.2) is 0 Å². The fourth-order valence-corrected chi connectivity index (χ4v) is 4.05. The molecule has 1 aliphatic carbocycles. The molecule has 28 heavy (non-hydrogen) atoms. The van der Waals surface area contributed by atoms with Crippen LogP contribution >= 0.6 is 11.6 Å². The molecule has 0 unspecified atom stereocenters. The highest BCUT2D eigenvalue weighted by atomic mass is 35.5. The lowest BCUT2D eigenvalue weighted by molar-refractivity contribution is 0.0933. The minimum atomic E-state index is -0.0163. The number of methoxy groups -OCH3 is 1. The molecule has 1 saturated carbocycles. The quantitative estimate of drug-likeness (QED) is 0.583. The summed E-state index contributed by atoms with van der Waals surface area (Å²) in [7, 11) is 1.59. The number of hydrogen-bond donors (Lipinski definition) is 2. The van der Waals surface area contributed by atoms with Gasteiger partial charge in [-0.2, -0.15) is 0 Å². The van der Waals surface area contributed by atoms with E-state index in [-0.39, 0.29) is 11.9 Å². The average molecular weight is 398 g/mol. The third kappa shape index (κ3) is 3.99. The molecule has 1 aliphatic rings. The fourth-order valence-electron chi connectivity index (χ4n) is 3.79. The van der Waals surface area contributed by atoms with E-state index in [1.807, 2.05) is 36.4 Å². The SMILES string of the molecule is COc1ccc(-c2nc3ccc(C(=O)NC4CCCCCC4)cc3[nH]2)cc1Cl. The minimum Gasteiger partial charge on any atom is -0.495 e. The van der Waals surface area contributed by atoms with Crippen molar-refractivity contribution in [1.29, 1.82) is 0 Å². The Hall–Kier alpha value is -2.53. The minimum absolute atomic E-state index is 0.0163. The van der Waals surface area contributed by atoms with Crippen LogP contribution < -0.4 is 10.1 Å². The van der Waals surface area contributed by atoms with Crippen molar-refractivity contribution in [2.45, 2.75) is 44.6 Å². The molecule has 2 N–H and O–H groups in total. The molecule has 0 atom stereocenters. The summed E-state index contributed by atoms with van der Waals surface area (Å²) in [5.41, 5.74) is 3.16. The first-order valence-electron chi connectivity index (χ1n) is 9.78. The van der Waals surface area contributed by atoms with Gasteiger partial charge in [0, 0.05) is 17.2 Å². The maximum Gasteiger partial charge on any atom is 0.251 e. The van der Waals surface area contributed by atoms with Gasteiger partial charge in [-0.3, -0.25) is 4.79 Å². The number of carbonyl (C=O) groups excluding carboxylic acids is 1. The molecule has 1 heterocycles. The number of aromatic amines is 1. The number of ether oxygens (including phenoxy) is 1. The number of carbonyl (C=O) groups is 1. The second kappa shape index (κ2) is 8.23. The lowest BCUT2D eigenvalue weighted by Crippen LogP contribution is -2.34. The Labute approximate surface area is 169 Å². The number of hydrogen-bond acceptors (Lipinski definition) is 3. The highest BCUT2D eigenvalue weighted by molar-refractivity contribution is 6.32. The molecule has 146 valence electrons. The number of aromatic nitrogens is 2. The number of halogens is 1. The van der Waals surface area contributed by atoms with Crippen molar-refractivity contribution >= 4 is 28.5 Å². The lowest BCUT2D eigenvalue weighted by atomic mass is 10.1. The number of amides is 1. The molecule has 4 rings (SSSR count). The molecular weight excluding hydrogens is 374 g/mol. The Bertz CT molecular complexity index is 991. The average Bonchev–Trinajstić information content (AvgIpc) is 2.96. The van der Waals surface area contributed by atoms with Crippen molar-refractivity contribution in [3.63, 3.8) is 0 Å². The molecule has 0 aliphatic heterocycles. The van der Waals surface area contributed by atoms with E-state index in [4.69, 9.17) is 16.3 Å². The molecule has 0 radical (unpaired) electrons. The van der Waals surface area contributed by atoms with Gasteiger partial charge in [-0.25, -0.2) is 4.98 Å². The summed E-state index contributed by atoms with van der Waals surface area (Å²) >= 11 is 6.23. The molecule has 1 fully saturated rings. The van der Waals surface area contributed by atoms with Crippen molar-refractivity contribution in [2.75, 3.05) is 7.11 Å². The smallest absolute Gasteiger partial charge is 0.251 e. The second-order valence-corrected chi connectivity index (χ2v) is 7.74. The summed E-state index contributed by atoms with van der Waals surface area (Å²) in [6.07, 6.45) is 7.06. The van der Waals surface area contributed by atoms with Crippen molar-refractivity contribution in [3.8, 4) is 17.1 Å². The van der Waals surface area contributed by atoms with Gasteiger partial charge in [0.05, 0.1) is 23.2 Å². The Morgan fingerprint density at radius 1 is 1.14 bits per heavy atom. The molecule has 0 spiro atoms. The first-order valence-corrected chi connectivity index (χ1v) is 10.2. The van der Waals surface area contributed by atoms with Crippen LogP contribution in [-0.2, 0) is 0 Å². The van der Waals surface area contributed by atoms with Crippen molar-refractivity contribution in [3.05, 3.63) is 47.0 Å². The molecular formula is C22H24ClN3O2. The van der Waals surface area contributed by atoms with Crippen LogP contribution in [0.3, 0.4) is 0 Å². The standard InChI is InChI=1S/C22H24ClN3O2/c1-28-20-11-9-14(12-17(20)23)21-25-18-10-8-15(13-19(18)26-21)22(27)24-16-6-4-2-3-5-7-16/h8-13,16H,2-7H2,1H3,(H,24,27)(H,25,26). The number of fused-ring (bicyclic) bond motifs is 1. The van der Waals surface area contributed by atoms with Gasteiger partial charge in [-0.05, 0) is 49.2 Å². The van der Waals surface area contributed by atoms with E-state index in [1.54, 1.807) is 7.11 Å². The van der Waals surface area contributed by atoms with Crippen molar-refractivity contribution < 1.29 is 9.53 Å². The van der Waals surface area contributed by atoms with E-state index in [2.05, 4.69) is 15.3 Å². The summed E-state index contributed by atoms with van der Waals surface area (Å²) in [5.74, 6) is 1.32. The van der Waals surface area contributed by atoms with Crippen molar-refractivity contribution in [1.82, 2.24) is 15.3 Å². The normalized spacial score (nSPS) is 15.4. The Morgan fingerprint density at radius 3 is 2.64 bits per heavy atom. The second-order valence-electron chi connectivity index (χ2n) is 7.33. The van der Waals surface area contributed by atoms with E-state index in [1.165, 1.54) is 25.7 Å². The molecule has 5 nitrogen and oxygen atoms in total. The number of benzene rings is 2. The van der Waals surface area contributed by atoms with E-state index >= 15 is 0 Å². The molecule has 1 aromatic heterocycles. The topological polar surface area (TPSA) is 67.0 Å². The van der Waals surface area contributed by atoms with Crippen LogP contribution in [0.15, 0.2) is 36.4 Å². The third-order valence-corrected chi connectivity index (χ3v) is 5.66. The van der Waals surface area contributed by atoms with E-state index < -0.39 is 0 Å². The van der Waals surface area contributed by atoms with Gasteiger partial charge < -0.3 is 15.0 Å². The molecule has 2 aromatic carbocycles. The lowest BCUT2D eigenvalue weighted by Gasteiger charge is -2.16. The van der Waals surface area contributed by atoms with Crippen LogP contribution in [0.4, 0.5) is 0 Å². The number of imidazole rings is 1. The van der Waals surface area contributed by atoms with Crippen LogP contribution in [0.25, 0.3) is 22.4 Å². The number of nitrogens with zero attached hydrogens (tertiary/aromatic N) is 1. The summed E-state index contributed by atoms with van der Waals surface area (Å²) in [6, 6.07) is 11.4. The summed E-state index contributed by atoms with van der Waals surface area (Å²) < 4.78 is 5.20. The molecule has 0 bridgehead atoms. The number of H-pyrrole nitrogens is 1. The summed E-state index contributed by atoms with van der Waals surface area (Å²) in [4.78, 5) is 20.6. The van der Waals surface area contributed by atoms with Gasteiger partial charge in [0.1, 0.15) is 11.6 Å². The highest BCUT2D eigenvalue weighted by Gasteiger charge is 2.17. The van der Waals surface area contributed by atoms with Gasteiger partial charge in [0.2, 0.25) is 0 Å². The summed E-state index contributed by atoms with van der Waals surface area (Å²) in [6.45, 7) is 0. The molecule has 3 aromatic rings. The van der Waals surface area contributed by atoms with Crippen LogP contribution in [0.2, 0.25) is 5.02 Å². The van der Waals surface area contributed by atoms with Crippen LogP contribution in [0.1, 0.15) is 48.9 Å². The van der Waals surface area contributed by atoms with Gasteiger partial charge in [0.25, 0.3) is 5.91 Å². The Kier molecular flexibility index (Phi) is 5.53. The van der Waals surface area contributed by atoms with Crippen molar-refractivity contribution in [2.24, 2.45) is 0 Å². The van der Waals surface area contributed by atoms with Gasteiger partial charge in [-0.1, -0.05) is 37.3 Å². The van der Waals surface area contributed by atoms with Gasteiger partial charge in [-0.15, -0.1) is 0 Å². The van der Waals surface area contributed by atoms with Crippen LogP contribution in [-0.4, -0.2) is 29.0 Å². The zero-order valence-corrected chi connectivity index (χ0v) is 16.7. The van der Waals surface area contributed by atoms with E-state index in [0.717, 1.165) is 29.4 Å². The van der Waals surface area contributed by atoms with Crippen LogP contribution in [0, 0.1) is 0 Å². The predicted molar refractivity (Wildman–Crippen MR) is 112 cm³/mol. The first-order chi connectivity index (χ1) is 13.6. The van der Waals surface area contributed by atoms with E-state index in [0.29, 0.717) is 22.2 Å². The number of rotatable bonds is 4. The fraction of sp³-hybridized carbons (Fsp3) is 0.364. The summed E-state index contributed by atoms with van der Waals surface area (Å²) in [5, 5.41) is 3.73. The zero-order valence-electron chi connectivity index (χ0n) is 15.9. The largest absolute Gasteiger partial charge is 0.495 e. The Balaban J connectivity index is 1.56. The Morgan fingerprint density at radius 2 is 1.93 bits per heavy atom. The highest BCUT2D eigenvalue weighted by Crippen LogP contribution is 2.30. The maximum atomic E-state index is 12.7.